The summed E-state index contributed by atoms with van der Waals surface area (Å²) in [5.41, 5.74) is 0. The second kappa shape index (κ2) is 10.9. The number of rotatable bonds is 13. The van der Waals surface area contributed by atoms with Gasteiger partial charge in [-0.3, -0.25) is 9.59 Å². The summed E-state index contributed by atoms with van der Waals surface area (Å²) in [5.74, 6) is -1.94. The van der Waals surface area contributed by atoms with Crippen molar-refractivity contribution < 1.29 is 24.4 Å². The van der Waals surface area contributed by atoms with E-state index in [1.54, 1.807) is 0 Å². The number of carboxylic acids is 2. The molecule has 6 heteroatoms. The standard InChI is InChI=1S/C14H27O5P/c1-2-3-4-5-6-7-10-20(19,11-8-13(15)16)12-9-14(17)18/h2-12H2,1H3,(H,15,16)(H,17,18). The van der Waals surface area contributed by atoms with Crippen LogP contribution < -0.4 is 0 Å². The van der Waals surface area contributed by atoms with Crippen LogP contribution in [0.15, 0.2) is 0 Å². The van der Waals surface area contributed by atoms with Gasteiger partial charge in [0.15, 0.2) is 0 Å². The molecule has 0 saturated carbocycles. The van der Waals surface area contributed by atoms with Gasteiger partial charge >= 0.3 is 11.9 Å². The van der Waals surface area contributed by atoms with Gasteiger partial charge in [-0.15, -0.1) is 0 Å². The summed E-state index contributed by atoms with van der Waals surface area (Å²) >= 11 is 0. The molecule has 0 radical (unpaired) electrons. The first kappa shape index (κ1) is 19.2. The van der Waals surface area contributed by atoms with E-state index in [9.17, 15) is 14.2 Å². The molecule has 0 rings (SSSR count). The predicted octanol–water partition coefficient (Wildman–Crippen LogP) is 3.66. The monoisotopic (exact) mass is 306 g/mol. The van der Waals surface area contributed by atoms with Crippen LogP contribution in [0.2, 0.25) is 0 Å². The fourth-order valence-corrected chi connectivity index (χ4v) is 4.78. The maximum atomic E-state index is 12.6. The van der Waals surface area contributed by atoms with E-state index < -0.39 is 19.1 Å². The molecule has 118 valence electrons. The molecule has 2 N–H and O–H groups in total. The van der Waals surface area contributed by atoms with Gasteiger partial charge in [-0.25, -0.2) is 0 Å². The quantitative estimate of drug-likeness (QED) is 0.400. The minimum absolute atomic E-state index is 0.130. The molecule has 0 aromatic rings. The summed E-state index contributed by atoms with van der Waals surface area (Å²) in [6, 6.07) is 0. The Labute approximate surface area is 121 Å². The molecular formula is C14H27O5P. The van der Waals surface area contributed by atoms with E-state index >= 15 is 0 Å². The maximum Gasteiger partial charge on any atom is 0.303 e. The van der Waals surface area contributed by atoms with Crippen molar-refractivity contribution in [3.63, 3.8) is 0 Å². The van der Waals surface area contributed by atoms with Gasteiger partial charge in [0.25, 0.3) is 0 Å². The van der Waals surface area contributed by atoms with Crippen molar-refractivity contribution >= 4 is 19.1 Å². The molecule has 0 atom stereocenters. The van der Waals surface area contributed by atoms with Crippen LogP contribution in [-0.4, -0.2) is 40.6 Å². The first-order valence-corrected chi connectivity index (χ1v) is 9.66. The lowest BCUT2D eigenvalue weighted by molar-refractivity contribution is -0.137. The molecule has 0 bridgehead atoms. The van der Waals surface area contributed by atoms with Crippen LogP contribution in [0.3, 0.4) is 0 Å². The van der Waals surface area contributed by atoms with Gasteiger partial charge in [-0.1, -0.05) is 39.0 Å². The van der Waals surface area contributed by atoms with E-state index in [4.69, 9.17) is 10.2 Å². The van der Waals surface area contributed by atoms with Gasteiger partial charge in [0.1, 0.15) is 0 Å². The molecule has 0 spiro atoms. The van der Waals surface area contributed by atoms with Gasteiger partial charge in [-0.2, -0.15) is 0 Å². The third-order valence-electron chi connectivity index (χ3n) is 3.39. The number of carbonyl (C=O) groups is 2. The average molecular weight is 306 g/mol. The molecule has 0 aliphatic carbocycles. The molecule has 0 fully saturated rings. The fourth-order valence-electron chi connectivity index (χ4n) is 2.11. The highest BCUT2D eigenvalue weighted by atomic mass is 31.2. The summed E-state index contributed by atoms with van der Waals surface area (Å²) < 4.78 is 12.6. The highest BCUT2D eigenvalue weighted by Gasteiger charge is 2.23. The van der Waals surface area contributed by atoms with Crippen molar-refractivity contribution in [1.82, 2.24) is 0 Å². The Balaban J connectivity index is 4.12. The number of unbranched alkanes of at least 4 members (excludes halogenated alkanes) is 5. The molecule has 0 aromatic carbocycles. The molecule has 0 saturated heterocycles. The van der Waals surface area contributed by atoms with Crippen LogP contribution >= 0.6 is 7.14 Å². The van der Waals surface area contributed by atoms with E-state index in [1.807, 2.05) is 0 Å². The van der Waals surface area contributed by atoms with Gasteiger partial charge in [0, 0.05) is 18.5 Å². The van der Waals surface area contributed by atoms with Crippen LogP contribution in [0.1, 0.15) is 58.3 Å². The van der Waals surface area contributed by atoms with Crippen LogP contribution in [0.4, 0.5) is 0 Å². The molecule has 5 nitrogen and oxygen atoms in total. The first-order valence-electron chi connectivity index (χ1n) is 7.40. The van der Waals surface area contributed by atoms with E-state index in [0.29, 0.717) is 6.16 Å². The topological polar surface area (TPSA) is 91.7 Å². The Kier molecular flexibility index (Phi) is 10.4. The third-order valence-corrected chi connectivity index (χ3v) is 6.59. The molecule has 0 heterocycles. The summed E-state index contributed by atoms with van der Waals surface area (Å²) in [7, 11) is -2.64. The van der Waals surface area contributed by atoms with Gasteiger partial charge in [-0.05, 0) is 6.42 Å². The maximum absolute atomic E-state index is 12.6. The number of carboxylic acid groups (broad SMARTS) is 2. The van der Waals surface area contributed by atoms with E-state index in [-0.39, 0.29) is 25.2 Å². The largest absolute Gasteiger partial charge is 0.481 e. The molecule has 0 aliphatic heterocycles. The van der Waals surface area contributed by atoms with Gasteiger partial charge in [0.05, 0.1) is 20.0 Å². The zero-order valence-corrected chi connectivity index (χ0v) is 13.2. The van der Waals surface area contributed by atoms with Crippen molar-refractivity contribution in [3.8, 4) is 0 Å². The van der Waals surface area contributed by atoms with Gasteiger partial charge in [0.2, 0.25) is 0 Å². The smallest absolute Gasteiger partial charge is 0.303 e. The molecule has 0 amide bonds. The zero-order chi connectivity index (χ0) is 15.4. The van der Waals surface area contributed by atoms with Crippen LogP contribution in [0, 0.1) is 0 Å². The minimum atomic E-state index is -2.64. The molecule has 0 unspecified atom stereocenters. The molecular weight excluding hydrogens is 279 g/mol. The minimum Gasteiger partial charge on any atom is -0.481 e. The van der Waals surface area contributed by atoms with Crippen LogP contribution in [0.25, 0.3) is 0 Å². The first-order chi connectivity index (χ1) is 9.39. The lowest BCUT2D eigenvalue weighted by Crippen LogP contribution is -2.08. The van der Waals surface area contributed by atoms with Crippen molar-refractivity contribution in [2.45, 2.75) is 58.3 Å². The van der Waals surface area contributed by atoms with Crippen LogP contribution in [0.5, 0.6) is 0 Å². The van der Waals surface area contributed by atoms with E-state index in [0.717, 1.165) is 19.3 Å². The number of aliphatic carboxylic acids is 2. The second-order valence-corrected chi connectivity index (χ2v) is 8.74. The van der Waals surface area contributed by atoms with Crippen molar-refractivity contribution in [2.75, 3.05) is 18.5 Å². The molecule has 0 aliphatic rings. The highest BCUT2D eigenvalue weighted by Crippen LogP contribution is 2.47. The number of hydrogen-bond donors (Lipinski definition) is 2. The Morgan fingerprint density at radius 3 is 1.70 bits per heavy atom. The lowest BCUT2D eigenvalue weighted by atomic mass is 10.1. The Bertz CT molecular complexity index is 318. The zero-order valence-electron chi connectivity index (χ0n) is 12.3. The van der Waals surface area contributed by atoms with Crippen molar-refractivity contribution in [3.05, 3.63) is 0 Å². The highest BCUT2D eigenvalue weighted by molar-refractivity contribution is 7.63. The SMILES string of the molecule is CCCCCCCCP(=O)(CCC(=O)O)CCC(=O)O. The average Bonchev–Trinajstić information content (AvgIpc) is 2.38. The lowest BCUT2D eigenvalue weighted by Gasteiger charge is -2.16. The summed E-state index contributed by atoms with van der Waals surface area (Å²) in [6.07, 6.45) is 6.93. The Hall–Kier alpha value is -0.830. The van der Waals surface area contributed by atoms with Crippen molar-refractivity contribution in [1.29, 1.82) is 0 Å². The van der Waals surface area contributed by atoms with Gasteiger partial charge < -0.3 is 14.8 Å². The summed E-state index contributed by atoms with van der Waals surface area (Å²) in [5, 5.41) is 17.4. The second-order valence-electron chi connectivity index (χ2n) is 5.28. The predicted molar refractivity (Wildman–Crippen MR) is 80.1 cm³/mol. The normalized spacial score (nSPS) is 11.4. The number of hydrogen-bond acceptors (Lipinski definition) is 3. The van der Waals surface area contributed by atoms with Crippen LogP contribution in [-0.2, 0) is 14.2 Å². The Morgan fingerprint density at radius 2 is 1.25 bits per heavy atom. The summed E-state index contributed by atoms with van der Waals surface area (Å²) in [6.45, 7) is 2.14. The third kappa shape index (κ3) is 11.0. The van der Waals surface area contributed by atoms with Crippen molar-refractivity contribution in [2.24, 2.45) is 0 Å². The molecule has 0 aromatic heterocycles. The fraction of sp³-hybridized carbons (Fsp3) is 0.857. The van der Waals surface area contributed by atoms with E-state index in [1.165, 1.54) is 19.3 Å². The molecule has 20 heavy (non-hydrogen) atoms. The Morgan fingerprint density at radius 1 is 0.800 bits per heavy atom. The van der Waals surface area contributed by atoms with E-state index in [2.05, 4.69) is 6.92 Å². The summed E-state index contributed by atoms with van der Waals surface area (Å²) in [4.78, 5) is 21.2.